The molecule has 0 aromatic heterocycles. The van der Waals surface area contributed by atoms with Crippen molar-refractivity contribution in [3.63, 3.8) is 0 Å². The Morgan fingerprint density at radius 3 is 2.00 bits per heavy atom. The van der Waals surface area contributed by atoms with E-state index >= 15 is 0 Å². The zero-order valence-corrected chi connectivity index (χ0v) is 7.38. The van der Waals surface area contributed by atoms with Crippen LogP contribution < -0.4 is 10.6 Å². The van der Waals surface area contributed by atoms with Crippen molar-refractivity contribution in [2.45, 2.75) is 12.5 Å². The van der Waals surface area contributed by atoms with E-state index in [1.54, 1.807) is 0 Å². The van der Waals surface area contributed by atoms with E-state index < -0.39 is 0 Å². The summed E-state index contributed by atoms with van der Waals surface area (Å²) in [7, 11) is 0. The van der Waals surface area contributed by atoms with Crippen LogP contribution in [0.15, 0.2) is 0 Å². The third-order valence-corrected chi connectivity index (χ3v) is 1.88. The summed E-state index contributed by atoms with van der Waals surface area (Å²) < 4.78 is 5.01. The van der Waals surface area contributed by atoms with Gasteiger partial charge >= 0.3 is 0 Å². The zero-order chi connectivity index (χ0) is 8.65. The van der Waals surface area contributed by atoms with Crippen molar-refractivity contribution in [2.24, 2.45) is 0 Å². The average molecular weight is 174 g/mol. The van der Waals surface area contributed by atoms with Crippen molar-refractivity contribution >= 4 is 0 Å². The Bertz CT molecular complexity index is 89.7. The topological polar surface area (TPSA) is 53.5 Å². The van der Waals surface area contributed by atoms with Gasteiger partial charge in [-0.15, -0.1) is 0 Å². The second-order valence-corrected chi connectivity index (χ2v) is 3.01. The minimum atomic E-state index is -0.0648. The fraction of sp³-hybridized carbons (Fsp3) is 1.00. The predicted octanol–water partition coefficient (Wildman–Crippen LogP) is -1.05. The van der Waals surface area contributed by atoms with Gasteiger partial charge in [-0.1, -0.05) is 0 Å². The first kappa shape index (κ1) is 9.92. The third-order valence-electron chi connectivity index (χ3n) is 1.88. The van der Waals surface area contributed by atoms with Crippen LogP contribution in [0.5, 0.6) is 0 Å². The molecule has 0 spiro atoms. The van der Waals surface area contributed by atoms with E-state index in [0.29, 0.717) is 0 Å². The van der Waals surface area contributed by atoms with Crippen molar-refractivity contribution in [1.82, 2.24) is 10.6 Å². The number of aliphatic hydroxyl groups is 1. The summed E-state index contributed by atoms with van der Waals surface area (Å²) in [4.78, 5) is 0. The largest absolute Gasteiger partial charge is 0.392 e. The van der Waals surface area contributed by atoms with Crippen LogP contribution in [-0.2, 0) is 4.74 Å². The molecule has 0 aromatic carbocycles. The van der Waals surface area contributed by atoms with Crippen LogP contribution in [0.25, 0.3) is 0 Å². The van der Waals surface area contributed by atoms with Gasteiger partial charge in [0.2, 0.25) is 0 Å². The maximum absolute atomic E-state index is 8.67. The lowest BCUT2D eigenvalue weighted by atomic mass is 10.3. The van der Waals surface area contributed by atoms with Gasteiger partial charge in [-0.25, -0.2) is 0 Å². The van der Waals surface area contributed by atoms with Gasteiger partial charge in [0.05, 0.1) is 19.3 Å². The maximum Gasteiger partial charge on any atom is 0.0676 e. The fourth-order valence-electron chi connectivity index (χ4n) is 1.16. The standard InChI is InChI=1S/2C4H9NO/c1-3-6-4-2-5-1;6-4-1-2-5-3-4/h5H,1-4H2;4-6H,1-3H2. The lowest BCUT2D eigenvalue weighted by Gasteiger charge is -2.10. The summed E-state index contributed by atoms with van der Waals surface area (Å²) in [5.41, 5.74) is 0. The first-order valence-corrected chi connectivity index (χ1v) is 4.57. The molecule has 4 heteroatoms. The Morgan fingerprint density at radius 2 is 1.83 bits per heavy atom. The third kappa shape index (κ3) is 4.66. The Hall–Kier alpha value is -0.160. The number of ether oxygens (including phenoxy) is 1. The van der Waals surface area contributed by atoms with Crippen LogP contribution in [0.2, 0.25) is 0 Å². The minimum Gasteiger partial charge on any atom is -0.392 e. The van der Waals surface area contributed by atoms with Crippen LogP contribution in [0.1, 0.15) is 6.42 Å². The summed E-state index contributed by atoms with van der Waals surface area (Å²) in [5, 5.41) is 14.8. The van der Waals surface area contributed by atoms with E-state index in [9.17, 15) is 0 Å². The Kier molecular flexibility index (Phi) is 5.27. The molecule has 2 aliphatic rings. The van der Waals surface area contributed by atoms with Crippen LogP contribution >= 0.6 is 0 Å². The molecule has 72 valence electrons. The average Bonchev–Trinajstić information content (AvgIpc) is 2.60. The minimum absolute atomic E-state index is 0.0648. The van der Waals surface area contributed by atoms with E-state index in [-0.39, 0.29) is 6.10 Å². The number of hydrogen-bond donors (Lipinski definition) is 3. The first-order valence-electron chi connectivity index (χ1n) is 4.57. The molecule has 2 saturated heterocycles. The lowest BCUT2D eigenvalue weighted by molar-refractivity contribution is 0.109. The number of β-amino-alcohol motifs (C(OH)–C–C–N with tert-alkyl or cyclic N) is 1. The van der Waals surface area contributed by atoms with Crippen molar-refractivity contribution in [2.75, 3.05) is 39.4 Å². The molecule has 0 aromatic rings. The molecule has 0 radical (unpaired) electrons. The van der Waals surface area contributed by atoms with E-state index in [1.807, 2.05) is 0 Å². The van der Waals surface area contributed by atoms with Gasteiger partial charge in [0.1, 0.15) is 0 Å². The van der Waals surface area contributed by atoms with Gasteiger partial charge < -0.3 is 20.5 Å². The zero-order valence-electron chi connectivity index (χ0n) is 7.38. The highest BCUT2D eigenvalue weighted by Gasteiger charge is 2.08. The van der Waals surface area contributed by atoms with E-state index in [2.05, 4.69) is 10.6 Å². The molecule has 3 N–H and O–H groups in total. The Labute approximate surface area is 73.3 Å². The van der Waals surface area contributed by atoms with Gasteiger partial charge in [-0.2, -0.15) is 0 Å². The summed E-state index contributed by atoms with van der Waals surface area (Å²) in [6.07, 6.45) is 0.866. The molecule has 2 aliphatic heterocycles. The quantitative estimate of drug-likeness (QED) is 0.438. The fourth-order valence-corrected chi connectivity index (χ4v) is 1.16. The van der Waals surface area contributed by atoms with Crippen molar-refractivity contribution in [3.8, 4) is 0 Å². The summed E-state index contributed by atoms with van der Waals surface area (Å²) in [6, 6.07) is 0. The van der Waals surface area contributed by atoms with E-state index in [1.165, 1.54) is 0 Å². The van der Waals surface area contributed by atoms with Gasteiger partial charge in [0, 0.05) is 19.6 Å². The molecule has 2 rings (SSSR count). The number of aliphatic hydroxyl groups excluding tert-OH is 1. The SMILES string of the molecule is C1COCCN1.OC1CCNC1. The number of nitrogens with one attached hydrogen (secondary N) is 2. The molecule has 0 bridgehead atoms. The summed E-state index contributed by atoms with van der Waals surface area (Å²) in [5.74, 6) is 0. The van der Waals surface area contributed by atoms with Crippen molar-refractivity contribution in [3.05, 3.63) is 0 Å². The molecule has 12 heavy (non-hydrogen) atoms. The summed E-state index contributed by atoms with van der Waals surface area (Å²) in [6.45, 7) is 5.61. The number of morpholine rings is 1. The molecular formula is C8H18N2O2. The molecule has 2 fully saturated rings. The molecule has 1 atom stereocenters. The molecule has 1 unspecified atom stereocenters. The first-order chi connectivity index (χ1) is 5.89. The monoisotopic (exact) mass is 174 g/mol. The van der Waals surface area contributed by atoms with Gasteiger partial charge in [-0.05, 0) is 13.0 Å². The highest BCUT2D eigenvalue weighted by atomic mass is 16.5. The van der Waals surface area contributed by atoms with Gasteiger partial charge in [0.15, 0.2) is 0 Å². The smallest absolute Gasteiger partial charge is 0.0676 e. The molecule has 0 amide bonds. The van der Waals surface area contributed by atoms with Crippen molar-refractivity contribution < 1.29 is 9.84 Å². The van der Waals surface area contributed by atoms with Crippen LogP contribution in [-0.4, -0.2) is 50.6 Å². The normalized spacial score (nSPS) is 29.2. The summed E-state index contributed by atoms with van der Waals surface area (Å²) >= 11 is 0. The van der Waals surface area contributed by atoms with Crippen molar-refractivity contribution in [1.29, 1.82) is 0 Å². The lowest BCUT2D eigenvalue weighted by Crippen LogP contribution is -2.30. The van der Waals surface area contributed by atoms with Gasteiger partial charge in [0.25, 0.3) is 0 Å². The second kappa shape index (κ2) is 6.37. The maximum atomic E-state index is 8.67. The Morgan fingerprint density at radius 1 is 1.08 bits per heavy atom. The molecule has 0 aliphatic carbocycles. The van der Waals surface area contributed by atoms with Crippen LogP contribution in [0.4, 0.5) is 0 Å². The molecule has 4 nitrogen and oxygen atoms in total. The highest BCUT2D eigenvalue weighted by Crippen LogP contribution is 1.93. The Balaban J connectivity index is 0.000000120. The molecule has 0 saturated carbocycles. The number of rotatable bonds is 0. The van der Waals surface area contributed by atoms with Crippen LogP contribution in [0, 0.1) is 0 Å². The second-order valence-electron chi connectivity index (χ2n) is 3.01. The van der Waals surface area contributed by atoms with E-state index in [4.69, 9.17) is 9.84 Å². The molecule has 2 heterocycles. The molecular weight excluding hydrogens is 156 g/mol. The van der Waals surface area contributed by atoms with E-state index in [0.717, 1.165) is 45.8 Å². The predicted molar refractivity (Wildman–Crippen MR) is 47.2 cm³/mol. The number of hydrogen-bond acceptors (Lipinski definition) is 4. The van der Waals surface area contributed by atoms with Gasteiger partial charge in [-0.3, -0.25) is 0 Å². The highest BCUT2D eigenvalue weighted by molar-refractivity contribution is 4.67. The van der Waals surface area contributed by atoms with Crippen LogP contribution in [0.3, 0.4) is 0 Å².